The lowest BCUT2D eigenvalue weighted by Crippen LogP contribution is -2.24. The van der Waals surface area contributed by atoms with Crippen molar-refractivity contribution in [3.8, 4) is 33.8 Å². The van der Waals surface area contributed by atoms with Crippen LogP contribution in [-0.2, 0) is 6.42 Å². The quantitative estimate of drug-likeness (QED) is 0.522. The van der Waals surface area contributed by atoms with Crippen molar-refractivity contribution in [2.75, 3.05) is 0 Å². The van der Waals surface area contributed by atoms with E-state index in [0.717, 1.165) is 22.5 Å². The average molecular weight is 367 g/mol. The maximum atomic E-state index is 13.7. The Bertz CT molecular complexity index is 1150. The smallest absolute Gasteiger partial charge is 0.267 e. The van der Waals surface area contributed by atoms with E-state index < -0.39 is 0 Å². The molecule has 0 saturated heterocycles. The molecule has 1 aromatic heterocycles. The van der Waals surface area contributed by atoms with Crippen LogP contribution in [0.2, 0.25) is 0 Å². The predicted molar refractivity (Wildman–Crippen MR) is 114 cm³/mol. The Balaban J connectivity index is 2.17. The van der Waals surface area contributed by atoms with Crippen molar-refractivity contribution < 1.29 is 5.11 Å². The van der Waals surface area contributed by atoms with Gasteiger partial charge in [-0.1, -0.05) is 85.8 Å². The molecule has 0 spiro atoms. The Hall–Kier alpha value is -3.59. The Morgan fingerprint density at radius 3 is 1.79 bits per heavy atom. The van der Waals surface area contributed by atoms with Gasteiger partial charge < -0.3 is 5.11 Å². The van der Waals surface area contributed by atoms with E-state index >= 15 is 0 Å². The molecule has 28 heavy (non-hydrogen) atoms. The Kier molecular flexibility index (Phi) is 4.81. The average Bonchev–Trinajstić information content (AvgIpc) is 2.75. The van der Waals surface area contributed by atoms with Gasteiger partial charge in [-0.15, -0.1) is 0 Å². The minimum absolute atomic E-state index is 0.0599. The molecule has 138 valence electrons. The molecule has 0 atom stereocenters. The molecule has 0 aliphatic carbocycles. The van der Waals surface area contributed by atoms with Crippen LogP contribution >= 0.6 is 0 Å². The molecular weight excluding hydrogens is 346 g/mol. The first-order chi connectivity index (χ1) is 13.7. The van der Waals surface area contributed by atoms with Gasteiger partial charge in [0.1, 0.15) is 5.75 Å². The molecule has 0 fully saturated rings. The molecule has 0 saturated carbocycles. The molecule has 0 bridgehead atoms. The molecular formula is C25H21NO2. The Morgan fingerprint density at radius 2 is 1.25 bits per heavy atom. The summed E-state index contributed by atoms with van der Waals surface area (Å²) in [6, 6.07) is 28.7. The van der Waals surface area contributed by atoms with Crippen molar-refractivity contribution in [1.82, 2.24) is 4.57 Å². The summed E-state index contributed by atoms with van der Waals surface area (Å²) in [6.07, 6.45) is 0.600. The molecule has 1 heterocycles. The van der Waals surface area contributed by atoms with Gasteiger partial charge in [-0.2, -0.15) is 0 Å². The van der Waals surface area contributed by atoms with Gasteiger partial charge in [0.2, 0.25) is 0 Å². The number of hydrogen-bond acceptors (Lipinski definition) is 2. The van der Waals surface area contributed by atoms with Crippen LogP contribution in [0, 0.1) is 0 Å². The number of nitrogens with zero attached hydrogens (tertiary/aromatic N) is 1. The van der Waals surface area contributed by atoms with Crippen molar-refractivity contribution in [3.63, 3.8) is 0 Å². The highest BCUT2D eigenvalue weighted by atomic mass is 16.3. The fourth-order valence-corrected chi connectivity index (χ4v) is 3.64. The van der Waals surface area contributed by atoms with E-state index in [4.69, 9.17) is 0 Å². The number of rotatable bonds is 4. The molecule has 0 amide bonds. The molecule has 0 radical (unpaired) electrons. The topological polar surface area (TPSA) is 42.2 Å². The van der Waals surface area contributed by atoms with E-state index in [-0.39, 0.29) is 11.3 Å². The van der Waals surface area contributed by atoms with Crippen molar-refractivity contribution >= 4 is 0 Å². The molecule has 0 unspecified atom stereocenters. The third kappa shape index (κ3) is 3.01. The Morgan fingerprint density at radius 1 is 0.750 bits per heavy atom. The van der Waals surface area contributed by atoms with E-state index in [1.54, 1.807) is 4.57 Å². The minimum Gasteiger partial charge on any atom is -0.507 e. The van der Waals surface area contributed by atoms with Gasteiger partial charge in [0.25, 0.3) is 5.56 Å². The summed E-state index contributed by atoms with van der Waals surface area (Å²) in [7, 11) is 0. The minimum atomic E-state index is -0.231. The van der Waals surface area contributed by atoms with E-state index in [1.165, 1.54) is 0 Å². The molecule has 4 rings (SSSR count). The van der Waals surface area contributed by atoms with Gasteiger partial charge in [0.05, 0.1) is 11.3 Å². The van der Waals surface area contributed by atoms with Gasteiger partial charge in [0, 0.05) is 11.3 Å². The molecule has 3 heteroatoms. The predicted octanol–water partition coefficient (Wildman–Crippen LogP) is 5.44. The van der Waals surface area contributed by atoms with Crippen LogP contribution in [0.3, 0.4) is 0 Å². The SMILES string of the molecule is CCc1c(O)c(-c2ccccc2)c(=O)n(-c2ccccc2)c1-c1ccccc1. The van der Waals surface area contributed by atoms with E-state index in [0.29, 0.717) is 17.5 Å². The summed E-state index contributed by atoms with van der Waals surface area (Å²) < 4.78 is 1.72. The largest absolute Gasteiger partial charge is 0.507 e. The molecule has 0 aliphatic rings. The van der Waals surface area contributed by atoms with E-state index in [2.05, 4.69) is 0 Å². The number of aromatic hydroxyl groups is 1. The summed E-state index contributed by atoms with van der Waals surface area (Å²) in [6.45, 7) is 2.00. The lowest BCUT2D eigenvalue weighted by molar-refractivity contribution is 0.469. The molecule has 4 aromatic rings. The van der Waals surface area contributed by atoms with Gasteiger partial charge >= 0.3 is 0 Å². The molecule has 0 aliphatic heterocycles. The van der Waals surface area contributed by atoms with Gasteiger partial charge in [-0.3, -0.25) is 9.36 Å². The number of hydrogen-bond donors (Lipinski definition) is 1. The maximum absolute atomic E-state index is 13.7. The summed E-state index contributed by atoms with van der Waals surface area (Å²) in [5.41, 5.74) is 3.98. The molecule has 3 aromatic carbocycles. The first-order valence-electron chi connectivity index (χ1n) is 9.39. The van der Waals surface area contributed by atoms with Gasteiger partial charge in [-0.25, -0.2) is 0 Å². The van der Waals surface area contributed by atoms with E-state index in [9.17, 15) is 9.90 Å². The number of pyridine rings is 1. The maximum Gasteiger partial charge on any atom is 0.267 e. The highest BCUT2D eigenvalue weighted by molar-refractivity contribution is 5.78. The second-order valence-electron chi connectivity index (χ2n) is 6.61. The summed E-state index contributed by atoms with van der Waals surface area (Å²) in [4.78, 5) is 13.7. The van der Waals surface area contributed by atoms with Crippen LogP contribution in [0.5, 0.6) is 5.75 Å². The zero-order valence-corrected chi connectivity index (χ0v) is 15.7. The van der Waals surface area contributed by atoms with Crippen LogP contribution < -0.4 is 5.56 Å². The second kappa shape index (κ2) is 7.57. The summed E-state index contributed by atoms with van der Waals surface area (Å²) in [5, 5.41) is 11.1. The second-order valence-corrected chi connectivity index (χ2v) is 6.61. The fourth-order valence-electron chi connectivity index (χ4n) is 3.64. The standard InChI is InChI=1S/C25H21NO2/c1-2-21-23(19-14-8-4-9-15-19)26(20-16-10-5-11-17-20)25(28)22(24(21)27)18-12-6-3-7-13-18/h3-17,27H,2H2,1H3. The van der Waals surface area contributed by atoms with Crippen molar-refractivity contribution in [1.29, 1.82) is 0 Å². The van der Waals surface area contributed by atoms with Crippen molar-refractivity contribution in [3.05, 3.63) is 107 Å². The van der Waals surface area contributed by atoms with Crippen LogP contribution in [0.25, 0.3) is 28.1 Å². The monoisotopic (exact) mass is 367 g/mol. The van der Waals surface area contributed by atoms with Crippen molar-refractivity contribution in [2.24, 2.45) is 0 Å². The highest BCUT2D eigenvalue weighted by Crippen LogP contribution is 2.37. The number of para-hydroxylation sites is 1. The lowest BCUT2D eigenvalue weighted by Gasteiger charge is -2.21. The van der Waals surface area contributed by atoms with Crippen LogP contribution in [0.4, 0.5) is 0 Å². The third-order valence-electron chi connectivity index (χ3n) is 4.93. The van der Waals surface area contributed by atoms with Gasteiger partial charge in [0.15, 0.2) is 0 Å². The van der Waals surface area contributed by atoms with Crippen molar-refractivity contribution in [2.45, 2.75) is 13.3 Å². The van der Waals surface area contributed by atoms with Gasteiger partial charge in [-0.05, 0) is 29.7 Å². The fraction of sp³-hybridized carbons (Fsp3) is 0.0800. The third-order valence-corrected chi connectivity index (χ3v) is 4.93. The van der Waals surface area contributed by atoms with Crippen LogP contribution in [0.1, 0.15) is 12.5 Å². The number of benzene rings is 3. The first-order valence-corrected chi connectivity index (χ1v) is 9.39. The van der Waals surface area contributed by atoms with Crippen LogP contribution in [0.15, 0.2) is 95.8 Å². The zero-order valence-electron chi connectivity index (χ0n) is 15.7. The summed E-state index contributed by atoms with van der Waals surface area (Å²) >= 11 is 0. The van der Waals surface area contributed by atoms with E-state index in [1.807, 2.05) is 97.9 Å². The zero-order chi connectivity index (χ0) is 19.5. The highest BCUT2D eigenvalue weighted by Gasteiger charge is 2.23. The first kappa shape index (κ1) is 17.8. The summed E-state index contributed by atoms with van der Waals surface area (Å²) in [5.74, 6) is 0.0599. The Labute approximate surface area is 164 Å². The molecule has 3 nitrogen and oxygen atoms in total. The molecule has 1 N–H and O–H groups in total. The lowest BCUT2D eigenvalue weighted by atomic mass is 9.96. The normalized spacial score (nSPS) is 10.8. The number of aromatic nitrogens is 1. The van der Waals surface area contributed by atoms with Crippen LogP contribution in [-0.4, -0.2) is 9.67 Å².